The Hall–Kier alpha value is -1.62. The predicted octanol–water partition coefficient (Wildman–Crippen LogP) is 3.38. The quantitative estimate of drug-likeness (QED) is 0.880. The molecule has 1 saturated carbocycles. The number of nitrogens with zero attached hydrogens (tertiary/aromatic N) is 1. The van der Waals surface area contributed by atoms with Crippen LogP contribution in [0, 0.1) is 0 Å². The highest BCUT2D eigenvalue weighted by atomic mass is 79.9. The molecule has 1 heterocycles. The van der Waals surface area contributed by atoms with Crippen molar-refractivity contribution >= 4 is 32.8 Å². The zero-order chi connectivity index (χ0) is 13.5. The van der Waals surface area contributed by atoms with E-state index in [2.05, 4.69) is 20.9 Å². The highest BCUT2D eigenvalue weighted by Gasteiger charge is 2.47. The van der Waals surface area contributed by atoms with Crippen LogP contribution in [-0.4, -0.2) is 21.7 Å². The molecule has 5 heteroatoms. The summed E-state index contributed by atoms with van der Waals surface area (Å²) in [6, 6.07) is 9.27. The lowest BCUT2D eigenvalue weighted by Gasteiger charge is -2.37. The first-order valence-electron chi connectivity index (χ1n) is 6.08. The molecule has 0 spiro atoms. The Labute approximate surface area is 118 Å². The number of carboxylic acids is 1. The number of ether oxygens (including phenoxy) is 1. The molecular weight excluding hydrogens is 310 g/mol. The van der Waals surface area contributed by atoms with Gasteiger partial charge < -0.3 is 9.84 Å². The summed E-state index contributed by atoms with van der Waals surface area (Å²) in [5.74, 6) is -0.324. The molecule has 4 nitrogen and oxygen atoms in total. The Morgan fingerprint density at radius 2 is 2.11 bits per heavy atom. The number of para-hydroxylation sites is 1. The van der Waals surface area contributed by atoms with E-state index in [1.807, 2.05) is 24.3 Å². The second-order valence-electron chi connectivity index (χ2n) is 4.72. The monoisotopic (exact) mass is 321 g/mol. The summed E-state index contributed by atoms with van der Waals surface area (Å²) in [5.41, 5.74) is -0.282. The van der Waals surface area contributed by atoms with Crippen molar-refractivity contribution in [3.63, 3.8) is 0 Å². The molecule has 1 aliphatic carbocycles. The molecule has 0 unspecified atom stereocenters. The van der Waals surface area contributed by atoms with Crippen LogP contribution < -0.4 is 4.74 Å². The van der Waals surface area contributed by atoms with Gasteiger partial charge in [-0.1, -0.05) is 12.1 Å². The summed E-state index contributed by atoms with van der Waals surface area (Å²) in [6.07, 6.45) is 1.99. The molecule has 19 heavy (non-hydrogen) atoms. The van der Waals surface area contributed by atoms with Gasteiger partial charge in [0.2, 0.25) is 5.60 Å². The fourth-order valence-electron chi connectivity index (χ4n) is 2.27. The molecule has 0 radical (unpaired) electrons. The normalized spacial score (nSPS) is 16.9. The summed E-state index contributed by atoms with van der Waals surface area (Å²) in [4.78, 5) is 15.7. The number of rotatable bonds is 3. The minimum absolute atomic E-state index is 0.552. The first-order valence-corrected chi connectivity index (χ1v) is 6.88. The lowest BCUT2D eigenvalue weighted by Crippen LogP contribution is -2.50. The van der Waals surface area contributed by atoms with Crippen molar-refractivity contribution in [3.8, 4) is 5.75 Å². The van der Waals surface area contributed by atoms with Crippen LogP contribution in [0.2, 0.25) is 0 Å². The van der Waals surface area contributed by atoms with Gasteiger partial charge in [-0.05, 0) is 47.3 Å². The number of aromatic nitrogens is 1. The smallest absolute Gasteiger partial charge is 0.348 e. The Morgan fingerprint density at radius 1 is 1.37 bits per heavy atom. The molecule has 1 fully saturated rings. The maximum Gasteiger partial charge on any atom is 0.348 e. The van der Waals surface area contributed by atoms with Crippen molar-refractivity contribution in [1.82, 2.24) is 4.98 Å². The van der Waals surface area contributed by atoms with Crippen molar-refractivity contribution in [2.75, 3.05) is 0 Å². The van der Waals surface area contributed by atoms with E-state index in [1.54, 1.807) is 6.07 Å². The van der Waals surface area contributed by atoms with Crippen LogP contribution >= 0.6 is 15.9 Å². The summed E-state index contributed by atoms with van der Waals surface area (Å²) < 4.78 is 6.46. The van der Waals surface area contributed by atoms with Gasteiger partial charge in [0, 0.05) is 11.5 Å². The topological polar surface area (TPSA) is 59.4 Å². The highest BCUT2D eigenvalue weighted by molar-refractivity contribution is 9.10. The van der Waals surface area contributed by atoms with Crippen LogP contribution in [0.1, 0.15) is 19.3 Å². The van der Waals surface area contributed by atoms with Crippen molar-refractivity contribution in [2.24, 2.45) is 0 Å². The van der Waals surface area contributed by atoms with E-state index in [9.17, 15) is 9.90 Å². The molecule has 0 aliphatic heterocycles. The van der Waals surface area contributed by atoms with Gasteiger partial charge in [0.05, 0.1) is 5.52 Å². The molecule has 0 bridgehead atoms. The first-order chi connectivity index (χ1) is 9.11. The molecule has 1 N–H and O–H groups in total. The average Bonchev–Trinajstić information content (AvgIpc) is 2.32. The van der Waals surface area contributed by atoms with Gasteiger partial charge in [0.1, 0.15) is 10.4 Å². The molecule has 1 aromatic heterocycles. The Morgan fingerprint density at radius 3 is 2.74 bits per heavy atom. The van der Waals surface area contributed by atoms with Gasteiger partial charge in [-0.15, -0.1) is 0 Å². The molecule has 0 amide bonds. The number of fused-ring (bicyclic) bond motifs is 1. The van der Waals surface area contributed by atoms with Crippen LogP contribution in [0.15, 0.2) is 34.9 Å². The zero-order valence-electron chi connectivity index (χ0n) is 10.1. The number of benzene rings is 1. The maximum absolute atomic E-state index is 11.4. The number of carboxylic acid groups (broad SMARTS) is 1. The Kier molecular flexibility index (Phi) is 2.93. The number of aliphatic carboxylic acids is 1. The number of hydrogen-bond acceptors (Lipinski definition) is 3. The second kappa shape index (κ2) is 4.49. The SMILES string of the molecule is O=C(O)C1(Oc2cc(Br)nc3ccccc23)CCC1. The van der Waals surface area contributed by atoms with Crippen LogP contribution in [0.4, 0.5) is 0 Å². The number of pyridine rings is 1. The molecule has 98 valence electrons. The predicted molar refractivity (Wildman–Crippen MR) is 74.3 cm³/mol. The summed E-state index contributed by atoms with van der Waals surface area (Å²) in [7, 11) is 0. The molecule has 1 aliphatic rings. The van der Waals surface area contributed by atoms with E-state index in [1.165, 1.54) is 0 Å². The van der Waals surface area contributed by atoms with Gasteiger partial charge in [0.15, 0.2) is 0 Å². The maximum atomic E-state index is 11.4. The number of hydrogen-bond donors (Lipinski definition) is 1. The lowest BCUT2D eigenvalue weighted by molar-refractivity contribution is -0.163. The third-order valence-electron chi connectivity index (χ3n) is 3.50. The van der Waals surface area contributed by atoms with Gasteiger partial charge in [-0.25, -0.2) is 9.78 Å². The summed E-state index contributed by atoms with van der Waals surface area (Å²) in [5, 5.41) is 10.2. The Bertz CT molecular complexity index is 652. The lowest BCUT2D eigenvalue weighted by atomic mass is 9.80. The third-order valence-corrected chi connectivity index (χ3v) is 3.91. The van der Waals surface area contributed by atoms with Crippen LogP contribution in [-0.2, 0) is 4.79 Å². The largest absolute Gasteiger partial charge is 0.478 e. The van der Waals surface area contributed by atoms with Crippen molar-refractivity contribution in [1.29, 1.82) is 0 Å². The average molecular weight is 322 g/mol. The van der Waals surface area contributed by atoms with Gasteiger partial charge in [-0.2, -0.15) is 0 Å². The van der Waals surface area contributed by atoms with Gasteiger partial charge in [-0.3, -0.25) is 0 Å². The fourth-order valence-corrected chi connectivity index (χ4v) is 2.66. The number of halogens is 1. The summed E-state index contributed by atoms with van der Waals surface area (Å²) >= 11 is 3.33. The molecule has 3 rings (SSSR count). The van der Waals surface area contributed by atoms with Gasteiger partial charge >= 0.3 is 5.97 Å². The minimum Gasteiger partial charge on any atom is -0.478 e. The van der Waals surface area contributed by atoms with E-state index < -0.39 is 11.6 Å². The van der Waals surface area contributed by atoms with Crippen molar-refractivity contribution in [3.05, 3.63) is 34.9 Å². The molecule has 2 aromatic rings. The van der Waals surface area contributed by atoms with E-state index in [0.717, 1.165) is 17.3 Å². The number of carbonyl (C=O) groups is 1. The Balaban J connectivity index is 2.07. The minimum atomic E-state index is -1.07. The molecule has 1 aromatic carbocycles. The van der Waals surface area contributed by atoms with Crippen LogP contribution in [0.25, 0.3) is 10.9 Å². The van der Waals surface area contributed by atoms with Crippen molar-refractivity contribution < 1.29 is 14.6 Å². The second-order valence-corrected chi connectivity index (χ2v) is 5.53. The van der Waals surface area contributed by atoms with E-state index in [0.29, 0.717) is 23.2 Å². The molecule has 0 atom stereocenters. The van der Waals surface area contributed by atoms with Gasteiger partial charge in [0.25, 0.3) is 0 Å². The molecular formula is C14H12BrNO3. The van der Waals surface area contributed by atoms with E-state index in [-0.39, 0.29) is 0 Å². The van der Waals surface area contributed by atoms with E-state index in [4.69, 9.17) is 4.74 Å². The third kappa shape index (κ3) is 2.08. The first kappa shape index (κ1) is 12.4. The standard InChI is InChI=1S/C14H12BrNO3/c15-12-8-11(9-4-1-2-5-10(9)16-12)19-14(13(17)18)6-3-7-14/h1-2,4-5,8H,3,6-7H2,(H,17,18). The zero-order valence-corrected chi connectivity index (χ0v) is 11.7. The van der Waals surface area contributed by atoms with Crippen molar-refractivity contribution in [2.45, 2.75) is 24.9 Å². The highest BCUT2D eigenvalue weighted by Crippen LogP contribution is 2.39. The van der Waals surface area contributed by atoms with Crippen LogP contribution in [0.5, 0.6) is 5.75 Å². The van der Waals surface area contributed by atoms with E-state index >= 15 is 0 Å². The fraction of sp³-hybridized carbons (Fsp3) is 0.286. The molecule has 0 saturated heterocycles. The van der Waals surface area contributed by atoms with Crippen LogP contribution in [0.3, 0.4) is 0 Å². The summed E-state index contributed by atoms with van der Waals surface area (Å²) in [6.45, 7) is 0.